The van der Waals surface area contributed by atoms with Crippen LogP contribution in [0.15, 0.2) is 18.2 Å². The second-order valence-electron chi connectivity index (χ2n) is 6.86. The van der Waals surface area contributed by atoms with Crippen LogP contribution in [0.3, 0.4) is 0 Å². The Kier molecular flexibility index (Phi) is 6.16. The molecule has 146 valence electrons. The van der Waals surface area contributed by atoms with Crippen molar-refractivity contribution in [3.63, 3.8) is 0 Å². The number of ether oxygens (including phenoxy) is 2. The minimum absolute atomic E-state index is 0.120. The van der Waals surface area contributed by atoms with E-state index in [0.29, 0.717) is 29.9 Å². The molecule has 2 unspecified atom stereocenters. The van der Waals surface area contributed by atoms with E-state index in [-0.39, 0.29) is 19.2 Å². The number of carboxylic acids is 1. The molecule has 3 N–H and O–H groups in total. The first kappa shape index (κ1) is 19.0. The number of hydrogen-bond donors (Lipinski definition) is 3. The topological polar surface area (TPSA) is 114 Å². The summed E-state index contributed by atoms with van der Waals surface area (Å²) in [5, 5.41) is 14.8. The van der Waals surface area contributed by atoms with Gasteiger partial charge in [0.25, 0.3) is 5.91 Å². The highest BCUT2D eigenvalue weighted by atomic mass is 16.7. The van der Waals surface area contributed by atoms with E-state index in [2.05, 4.69) is 10.6 Å². The number of carbonyl (C=O) groups excluding carboxylic acids is 2. The Bertz CT molecular complexity index is 720. The number of amides is 2. The second kappa shape index (κ2) is 8.75. The Balaban J connectivity index is 1.53. The summed E-state index contributed by atoms with van der Waals surface area (Å²) in [6.45, 7) is -0.0922. The highest BCUT2D eigenvalue weighted by Gasteiger charge is 2.29. The molecule has 1 aromatic carbocycles. The number of nitrogens with one attached hydrogen (secondary N) is 2. The van der Waals surface area contributed by atoms with Crippen LogP contribution < -0.4 is 20.1 Å². The molecule has 0 bridgehead atoms. The Morgan fingerprint density at radius 3 is 2.56 bits per heavy atom. The van der Waals surface area contributed by atoms with Crippen LogP contribution in [0.4, 0.5) is 0 Å². The van der Waals surface area contributed by atoms with Gasteiger partial charge in [0.2, 0.25) is 12.7 Å². The first-order chi connectivity index (χ1) is 13.0. The monoisotopic (exact) mass is 376 g/mol. The van der Waals surface area contributed by atoms with Crippen molar-refractivity contribution in [2.75, 3.05) is 13.3 Å². The SMILES string of the molecule is O=C(CNC(=O)c1ccc2c(c1)OCO2)NC1CCCCCCC1C(=O)O. The number of carbonyl (C=O) groups is 3. The molecule has 8 heteroatoms. The van der Waals surface area contributed by atoms with Gasteiger partial charge in [0, 0.05) is 11.6 Å². The van der Waals surface area contributed by atoms with Crippen LogP contribution in [0.2, 0.25) is 0 Å². The maximum atomic E-state index is 12.2. The van der Waals surface area contributed by atoms with E-state index in [1.54, 1.807) is 18.2 Å². The fraction of sp³-hybridized carbons (Fsp3) is 0.526. The molecule has 1 saturated carbocycles. The summed E-state index contributed by atoms with van der Waals surface area (Å²) in [6.07, 6.45) is 5.00. The van der Waals surface area contributed by atoms with Gasteiger partial charge in [-0.3, -0.25) is 14.4 Å². The van der Waals surface area contributed by atoms with Crippen molar-refractivity contribution < 1.29 is 29.0 Å². The van der Waals surface area contributed by atoms with Crippen molar-refractivity contribution in [2.45, 2.75) is 44.6 Å². The van der Waals surface area contributed by atoms with Gasteiger partial charge >= 0.3 is 5.97 Å². The van der Waals surface area contributed by atoms with Crippen molar-refractivity contribution >= 4 is 17.8 Å². The minimum Gasteiger partial charge on any atom is -0.481 e. The molecular formula is C19H24N2O6. The fourth-order valence-electron chi connectivity index (χ4n) is 3.51. The number of hydrogen-bond acceptors (Lipinski definition) is 5. The number of aliphatic carboxylic acids is 1. The lowest BCUT2D eigenvalue weighted by Crippen LogP contribution is -2.47. The lowest BCUT2D eigenvalue weighted by molar-refractivity contribution is -0.143. The first-order valence-corrected chi connectivity index (χ1v) is 9.24. The molecule has 0 spiro atoms. The number of rotatable bonds is 5. The van der Waals surface area contributed by atoms with E-state index in [1.165, 1.54) is 0 Å². The van der Waals surface area contributed by atoms with Gasteiger partial charge in [-0.2, -0.15) is 0 Å². The van der Waals surface area contributed by atoms with Crippen LogP contribution in [-0.2, 0) is 9.59 Å². The molecule has 3 rings (SSSR count). The quantitative estimate of drug-likeness (QED) is 0.720. The van der Waals surface area contributed by atoms with Gasteiger partial charge < -0.3 is 25.2 Å². The third-order valence-corrected chi connectivity index (χ3v) is 4.97. The largest absolute Gasteiger partial charge is 0.481 e. The normalized spacial score (nSPS) is 21.6. The summed E-state index contributed by atoms with van der Waals surface area (Å²) in [6, 6.07) is 4.39. The van der Waals surface area contributed by atoms with Gasteiger partial charge in [0.05, 0.1) is 12.5 Å². The zero-order valence-corrected chi connectivity index (χ0v) is 15.0. The lowest BCUT2D eigenvalue weighted by Gasteiger charge is -2.27. The van der Waals surface area contributed by atoms with E-state index in [9.17, 15) is 19.5 Å². The van der Waals surface area contributed by atoms with Crippen LogP contribution in [0.5, 0.6) is 11.5 Å². The van der Waals surface area contributed by atoms with Crippen molar-refractivity contribution in [2.24, 2.45) is 5.92 Å². The lowest BCUT2D eigenvalue weighted by atomic mass is 9.87. The van der Waals surface area contributed by atoms with E-state index in [1.807, 2.05) is 0 Å². The molecule has 0 saturated heterocycles. The van der Waals surface area contributed by atoms with Crippen LogP contribution in [0, 0.1) is 5.92 Å². The molecule has 27 heavy (non-hydrogen) atoms. The van der Waals surface area contributed by atoms with Crippen molar-refractivity contribution in [3.8, 4) is 11.5 Å². The van der Waals surface area contributed by atoms with Gasteiger partial charge in [-0.1, -0.05) is 25.7 Å². The van der Waals surface area contributed by atoms with Crippen LogP contribution in [0.25, 0.3) is 0 Å². The van der Waals surface area contributed by atoms with Crippen LogP contribution in [0.1, 0.15) is 48.9 Å². The van der Waals surface area contributed by atoms with E-state index >= 15 is 0 Å². The van der Waals surface area contributed by atoms with Crippen molar-refractivity contribution in [1.82, 2.24) is 10.6 Å². The molecule has 0 aromatic heterocycles. The standard InChI is InChI=1S/C19H24N2O6/c22-17(21-14-6-4-2-1-3-5-13(14)19(24)25)10-20-18(23)12-7-8-15-16(9-12)27-11-26-15/h7-9,13-14H,1-6,10-11H2,(H,20,23)(H,21,22)(H,24,25). The summed E-state index contributed by atoms with van der Waals surface area (Å²) in [7, 11) is 0. The summed E-state index contributed by atoms with van der Waals surface area (Å²) in [5.74, 6) is -1.19. The van der Waals surface area contributed by atoms with Gasteiger partial charge in [-0.25, -0.2) is 0 Å². The highest BCUT2D eigenvalue weighted by Crippen LogP contribution is 2.32. The fourth-order valence-corrected chi connectivity index (χ4v) is 3.51. The molecule has 0 radical (unpaired) electrons. The van der Waals surface area contributed by atoms with Gasteiger partial charge in [-0.15, -0.1) is 0 Å². The molecule has 2 aliphatic rings. The Morgan fingerprint density at radius 1 is 1.04 bits per heavy atom. The Hall–Kier alpha value is -2.77. The molecule has 1 aliphatic carbocycles. The Labute approximate surface area is 157 Å². The van der Waals surface area contributed by atoms with Gasteiger partial charge in [0.1, 0.15) is 0 Å². The highest BCUT2D eigenvalue weighted by molar-refractivity contribution is 5.97. The van der Waals surface area contributed by atoms with Crippen molar-refractivity contribution in [3.05, 3.63) is 23.8 Å². The third kappa shape index (κ3) is 4.90. The second-order valence-corrected chi connectivity index (χ2v) is 6.86. The molecule has 1 aromatic rings. The smallest absolute Gasteiger partial charge is 0.308 e. The summed E-state index contributed by atoms with van der Waals surface area (Å²) in [5.41, 5.74) is 0.362. The molecule has 1 aliphatic heterocycles. The molecule has 1 fully saturated rings. The predicted octanol–water partition coefficient (Wildman–Crippen LogP) is 1.68. The first-order valence-electron chi connectivity index (χ1n) is 9.24. The average Bonchev–Trinajstić information content (AvgIpc) is 3.09. The number of benzene rings is 1. The molecule has 2 atom stereocenters. The van der Waals surface area contributed by atoms with E-state index in [0.717, 1.165) is 25.7 Å². The third-order valence-electron chi connectivity index (χ3n) is 4.97. The molecule has 8 nitrogen and oxygen atoms in total. The molecular weight excluding hydrogens is 352 g/mol. The summed E-state index contributed by atoms with van der Waals surface area (Å²) in [4.78, 5) is 36.0. The van der Waals surface area contributed by atoms with Crippen LogP contribution in [-0.4, -0.2) is 42.3 Å². The summed E-state index contributed by atoms with van der Waals surface area (Å²) >= 11 is 0. The van der Waals surface area contributed by atoms with Crippen LogP contribution >= 0.6 is 0 Å². The molecule has 2 amide bonds. The number of carboxylic acid groups (broad SMARTS) is 1. The van der Waals surface area contributed by atoms with E-state index in [4.69, 9.17) is 9.47 Å². The summed E-state index contributed by atoms with van der Waals surface area (Å²) < 4.78 is 10.4. The molecule has 1 heterocycles. The average molecular weight is 376 g/mol. The number of fused-ring (bicyclic) bond motifs is 1. The zero-order valence-electron chi connectivity index (χ0n) is 15.0. The Morgan fingerprint density at radius 2 is 1.78 bits per heavy atom. The maximum absolute atomic E-state index is 12.2. The van der Waals surface area contributed by atoms with E-state index < -0.39 is 23.8 Å². The minimum atomic E-state index is -0.883. The van der Waals surface area contributed by atoms with Gasteiger partial charge in [0.15, 0.2) is 11.5 Å². The zero-order chi connectivity index (χ0) is 19.2. The van der Waals surface area contributed by atoms with Crippen molar-refractivity contribution in [1.29, 1.82) is 0 Å². The maximum Gasteiger partial charge on any atom is 0.308 e. The predicted molar refractivity (Wildman–Crippen MR) is 95.7 cm³/mol. The van der Waals surface area contributed by atoms with Gasteiger partial charge in [-0.05, 0) is 31.0 Å².